The molecule has 5 heteroatoms. The lowest BCUT2D eigenvalue weighted by Gasteiger charge is -2.24. The Bertz CT molecular complexity index is 388. The first-order valence-electron chi connectivity index (χ1n) is 6.87. The molecule has 0 spiro atoms. The Labute approximate surface area is 121 Å². The van der Waals surface area contributed by atoms with Crippen molar-refractivity contribution in [2.45, 2.75) is 38.5 Å². The monoisotopic (exact) mass is 282 g/mol. The van der Waals surface area contributed by atoms with E-state index in [1.54, 1.807) is 21.1 Å². The van der Waals surface area contributed by atoms with Gasteiger partial charge in [-0.05, 0) is 38.0 Å². The molecule has 0 saturated carbocycles. The molecule has 0 aliphatic rings. The van der Waals surface area contributed by atoms with Crippen LogP contribution in [0.5, 0.6) is 11.5 Å². The zero-order chi connectivity index (χ0) is 15.1. The van der Waals surface area contributed by atoms with Crippen molar-refractivity contribution < 1.29 is 14.6 Å². The first kappa shape index (κ1) is 16.8. The summed E-state index contributed by atoms with van der Waals surface area (Å²) in [6, 6.07) is 5.88. The normalized spacial score (nSPS) is 15.5. The Balaban J connectivity index is 2.88. The Morgan fingerprint density at radius 1 is 1.15 bits per heavy atom. The number of ether oxygens (including phenoxy) is 2. The highest BCUT2D eigenvalue weighted by molar-refractivity contribution is 5.40. The van der Waals surface area contributed by atoms with Crippen molar-refractivity contribution in [2.75, 3.05) is 20.8 Å². The van der Waals surface area contributed by atoms with Gasteiger partial charge >= 0.3 is 0 Å². The van der Waals surface area contributed by atoms with Crippen LogP contribution in [0.2, 0.25) is 0 Å². The molecule has 1 aromatic carbocycles. The van der Waals surface area contributed by atoms with Crippen LogP contribution in [0, 0.1) is 0 Å². The van der Waals surface area contributed by atoms with Gasteiger partial charge in [0.2, 0.25) is 0 Å². The molecule has 4 N–H and O–H groups in total. The molecule has 1 rings (SSSR count). The minimum atomic E-state index is -0.337. The van der Waals surface area contributed by atoms with Gasteiger partial charge in [-0.2, -0.15) is 0 Å². The lowest BCUT2D eigenvalue weighted by atomic mass is 10.0. The SMILES string of the molecule is COc1cc(OC)cc(C(CN)NC(C)CC(C)O)c1. The summed E-state index contributed by atoms with van der Waals surface area (Å²) >= 11 is 0. The smallest absolute Gasteiger partial charge is 0.122 e. The Hall–Kier alpha value is -1.30. The molecule has 0 radical (unpaired) electrons. The molecule has 20 heavy (non-hydrogen) atoms. The molecule has 3 unspecified atom stereocenters. The number of aliphatic hydroxyl groups excluding tert-OH is 1. The van der Waals surface area contributed by atoms with Gasteiger partial charge in [0.1, 0.15) is 11.5 Å². The third kappa shape index (κ3) is 5.00. The van der Waals surface area contributed by atoms with E-state index in [1.807, 2.05) is 25.1 Å². The number of nitrogens with one attached hydrogen (secondary N) is 1. The molecule has 114 valence electrons. The van der Waals surface area contributed by atoms with Crippen molar-refractivity contribution in [1.29, 1.82) is 0 Å². The molecule has 0 aromatic heterocycles. The van der Waals surface area contributed by atoms with E-state index in [-0.39, 0.29) is 18.2 Å². The fraction of sp³-hybridized carbons (Fsp3) is 0.600. The topological polar surface area (TPSA) is 76.7 Å². The van der Waals surface area contributed by atoms with Crippen molar-refractivity contribution in [1.82, 2.24) is 5.32 Å². The van der Waals surface area contributed by atoms with E-state index in [0.29, 0.717) is 13.0 Å². The van der Waals surface area contributed by atoms with Crippen molar-refractivity contribution in [3.63, 3.8) is 0 Å². The summed E-state index contributed by atoms with van der Waals surface area (Å²) in [4.78, 5) is 0. The standard InChI is InChI=1S/C15H26N2O3/c1-10(5-11(2)18)17-15(9-16)12-6-13(19-3)8-14(7-12)20-4/h6-8,10-11,15,17-18H,5,9,16H2,1-4H3. The predicted molar refractivity (Wildman–Crippen MR) is 80.2 cm³/mol. The van der Waals surface area contributed by atoms with Gasteiger partial charge < -0.3 is 25.6 Å². The molecule has 0 bridgehead atoms. The van der Waals surface area contributed by atoms with Gasteiger partial charge in [0.15, 0.2) is 0 Å². The highest BCUT2D eigenvalue weighted by Crippen LogP contribution is 2.26. The molecule has 0 fully saturated rings. The minimum Gasteiger partial charge on any atom is -0.497 e. The summed E-state index contributed by atoms with van der Waals surface area (Å²) in [7, 11) is 3.25. The van der Waals surface area contributed by atoms with Crippen molar-refractivity contribution in [3.8, 4) is 11.5 Å². The Morgan fingerprint density at radius 3 is 2.10 bits per heavy atom. The third-order valence-corrected chi connectivity index (χ3v) is 3.19. The van der Waals surface area contributed by atoms with Crippen LogP contribution < -0.4 is 20.5 Å². The molecule has 5 nitrogen and oxygen atoms in total. The maximum Gasteiger partial charge on any atom is 0.122 e. The molecule has 0 saturated heterocycles. The average Bonchev–Trinajstić information content (AvgIpc) is 2.43. The Morgan fingerprint density at radius 2 is 1.70 bits per heavy atom. The van der Waals surface area contributed by atoms with Crippen LogP contribution in [0.15, 0.2) is 18.2 Å². The summed E-state index contributed by atoms with van der Waals surface area (Å²) in [5.74, 6) is 1.48. The number of hydrogen-bond donors (Lipinski definition) is 3. The van der Waals surface area contributed by atoms with Crippen LogP contribution in [-0.2, 0) is 0 Å². The second-order valence-corrected chi connectivity index (χ2v) is 5.09. The van der Waals surface area contributed by atoms with E-state index in [9.17, 15) is 5.11 Å². The van der Waals surface area contributed by atoms with Gasteiger partial charge in [0.25, 0.3) is 0 Å². The van der Waals surface area contributed by atoms with Crippen LogP contribution in [-0.4, -0.2) is 38.0 Å². The van der Waals surface area contributed by atoms with Crippen LogP contribution >= 0.6 is 0 Å². The summed E-state index contributed by atoms with van der Waals surface area (Å²) in [5.41, 5.74) is 6.88. The Kier molecular flexibility index (Phi) is 6.78. The number of rotatable bonds is 8. The fourth-order valence-electron chi connectivity index (χ4n) is 2.25. The molecular weight excluding hydrogens is 256 g/mol. The third-order valence-electron chi connectivity index (χ3n) is 3.19. The molecule has 3 atom stereocenters. The second-order valence-electron chi connectivity index (χ2n) is 5.09. The predicted octanol–water partition coefficient (Wildman–Crippen LogP) is 1.45. The number of benzene rings is 1. The van der Waals surface area contributed by atoms with Gasteiger partial charge in [-0.1, -0.05) is 0 Å². The van der Waals surface area contributed by atoms with Crippen LogP contribution in [0.1, 0.15) is 31.9 Å². The van der Waals surface area contributed by atoms with Crippen molar-refractivity contribution >= 4 is 0 Å². The van der Waals surface area contributed by atoms with E-state index >= 15 is 0 Å². The van der Waals surface area contributed by atoms with Gasteiger partial charge in [0.05, 0.1) is 20.3 Å². The summed E-state index contributed by atoms with van der Waals surface area (Å²) in [6.45, 7) is 4.28. The zero-order valence-corrected chi connectivity index (χ0v) is 12.7. The quantitative estimate of drug-likeness (QED) is 0.673. The lowest BCUT2D eigenvalue weighted by Crippen LogP contribution is -2.36. The number of hydrogen-bond acceptors (Lipinski definition) is 5. The van der Waals surface area contributed by atoms with Crippen LogP contribution in [0.3, 0.4) is 0 Å². The fourth-order valence-corrected chi connectivity index (χ4v) is 2.25. The molecule has 0 aliphatic carbocycles. The largest absolute Gasteiger partial charge is 0.497 e. The molecule has 0 heterocycles. The highest BCUT2D eigenvalue weighted by atomic mass is 16.5. The van der Waals surface area contributed by atoms with Gasteiger partial charge in [-0.15, -0.1) is 0 Å². The van der Waals surface area contributed by atoms with Crippen LogP contribution in [0.25, 0.3) is 0 Å². The molecular formula is C15H26N2O3. The second kappa shape index (κ2) is 8.09. The number of nitrogens with two attached hydrogens (primary N) is 1. The number of aliphatic hydroxyl groups is 1. The van der Waals surface area contributed by atoms with E-state index in [0.717, 1.165) is 17.1 Å². The van der Waals surface area contributed by atoms with E-state index in [2.05, 4.69) is 5.32 Å². The number of methoxy groups -OCH3 is 2. The first-order valence-corrected chi connectivity index (χ1v) is 6.87. The maximum absolute atomic E-state index is 9.43. The summed E-state index contributed by atoms with van der Waals surface area (Å²) in [5, 5.41) is 12.9. The van der Waals surface area contributed by atoms with Gasteiger partial charge in [0, 0.05) is 24.7 Å². The van der Waals surface area contributed by atoms with Gasteiger partial charge in [-0.3, -0.25) is 0 Å². The van der Waals surface area contributed by atoms with Crippen molar-refractivity contribution in [2.24, 2.45) is 5.73 Å². The van der Waals surface area contributed by atoms with Crippen molar-refractivity contribution in [3.05, 3.63) is 23.8 Å². The average molecular weight is 282 g/mol. The van der Waals surface area contributed by atoms with E-state index in [1.165, 1.54) is 0 Å². The first-order chi connectivity index (χ1) is 9.49. The zero-order valence-electron chi connectivity index (χ0n) is 12.7. The lowest BCUT2D eigenvalue weighted by molar-refractivity contribution is 0.168. The minimum absolute atomic E-state index is 0.00671. The van der Waals surface area contributed by atoms with E-state index in [4.69, 9.17) is 15.2 Å². The molecule has 0 aliphatic heterocycles. The summed E-state index contributed by atoms with van der Waals surface area (Å²) < 4.78 is 10.5. The van der Waals surface area contributed by atoms with E-state index < -0.39 is 0 Å². The maximum atomic E-state index is 9.43. The van der Waals surface area contributed by atoms with Crippen LogP contribution in [0.4, 0.5) is 0 Å². The molecule has 0 amide bonds. The molecule has 1 aromatic rings. The summed E-state index contributed by atoms with van der Waals surface area (Å²) in [6.07, 6.45) is 0.341. The highest BCUT2D eigenvalue weighted by Gasteiger charge is 2.16. The van der Waals surface area contributed by atoms with Gasteiger partial charge in [-0.25, -0.2) is 0 Å².